The fourth-order valence-electron chi connectivity index (χ4n) is 1.57. The molecule has 0 atom stereocenters. The quantitative estimate of drug-likeness (QED) is 0.680. The van der Waals surface area contributed by atoms with Crippen molar-refractivity contribution >= 4 is 5.91 Å². The Kier molecular flexibility index (Phi) is 3.56. The predicted octanol–water partition coefficient (Wildman–Crippen LogP) is 0.292. The number of hydrogen-bond donors (Lipinski definition) is 2. The van der Waals surface area contributed by atoms with E-state index in [0.717, 1.165) is 19.0 Å². The SMILES string of the molecule is Cn1nccc1C(=O)NCCCNC1CC1. The van der Waals surface area contributed by atoms with Crippen molar-refractivity contribution in [3.05, 3.63) is 18.0 Å². The number of carbonyl (C=O) groups excluding carboxylic acids is 1. The normalized spacial score (nSPS) is 15.1. The number of aromatic nitrogens is 2. The zero-order valence-corrected chi connectivity index (χ0v) is 9.57. The smallest absolute Gasteiger partial charge is 0.269 e. The molecule has 2 rings (SSSR count). The molecule has 16 heavy (non-hydrogen) atoms. The topological polar surface area (TPSA) is 59.0 Å². The second kappa shape index (κ2) is 5.12. The summed E-state index contributed by atoms with van der Waals surface area (Å²) in [5, 5.41) is 10.2. The van der Waals surface area contributed by atoms with Crippen LogP contribution >= 0.6 is 0 Å². The maximum absolute atomic E-state index is 11.6. The van der Waals surface area contributed by atoms with Gasteiger partial charge in [-0.3, -0.25) is 9.48 Å². The molecule has 0 spiro atoms. The van der Waals surface area contributed by atoms with Crippen molar-refractivity contribution in [1.82, 2.24) is 20.4 Å². The third-order valence-electron chi connectivity index (χ3n) is 2.70. The van der Waals surface area contributed by atoms with Crippen LogP contribution in [-0.4, -0.2) is 34.8 Å². The zero-order chi connectivity index (χ0) is 11.4. The molecule has 1 saturated carbocycles. The highest BCUT2D eigenvalue weighted by Gasteiger charge is 2.19. The lowest BCUT2D eigenvalue weighted by Crippen LogP contribution is -2.29. The minimum atomic E-state index is -0.0496. The van der Waals surface area contributed by atoms with E-state index < -0.39 is 0 Å². The van der Waals surface area contributed by atoms with Crippen LogP contribution < -0.4 is 10.6 Å². The molecule has 0 aromatic carbocycles. The number of nitrogens with one attached hydrogen (secondary N) is 2. The Bertz CT molecular complexity index is 357. The predicted molar refractivity (Wildman–Crippen MR) is 61.2 cm³/mol. The number of nitrogens with zero attached hydrogens (tertiary/aromatic N) is 2. The fourth-order valence-corrected chi connectivity index (χ4v) is 1.57. The van der Waals surface area contributed by atoms with E-state index in [1.807, 2.05) is 0 Å². The van der Waals surface area contributed by atoms with Gasteiger partial charge in [0.1, 0.15) is 5.69 Å². The van der Waals surface area contributed by atoms with Gasteiger partial charge in [-0.1, -0.05) is 0 Å². The molecule has 1 aliphatic carbocycles. The van der Waals surface area contributed by atoms with Crippen LogP contribution in [0.3, 0.4) is 0 Å². The van der Waals surface area contributed by atoms with Gasteiger partial charge in [-0.15, -0.1) is 0 Å². The second-order valence-corrected chi connectivity index (χ2v) is 4.18. The van der Waals surface area contributed by atoms with Crippen LogP contribution in [0.1, 0.15) is 29.8 Å². The van der Waals surface area contributed by atoms with Gasteiger partial charge in [-0.2, -0.15) is 5.10 Å². The average Bonchev–Trinajstić information content (AvgIpc) is 2.99. The Hall–Kier alpha value is -1.36. The van der Waals surface area contributed by atoms with Crippen LogP contribution in [0.15, 0.2) is 12.3 Å². The van der Waals surface area contributed by atoms with Crippen molar-refractivity contribution in [1.29, 1.82) is 0 Å². The van der Waals surface area contributed by atoms with Gasteiger partial charge in [0, 0.05) is 25.8 Å². The maximum Gasteiger partial charge on any atom is 0.269 e. The van der Waals surface area contributed by atoms with Crippen LogP contribution in [0.2, 0.25) is 0 Å². The molecule has 5 heteroatoms. The number of hydrogen-bond acceptors (Lipinski definition) is 3. The first-order chi connectivity index (χ1) is 7.77. The average molecular weight is 222 g/mol. The van der Waals surface area contributed by atoms with Crippen molar-refractivity contribution < 1.29 is 4.79 Å². The third kappa shape index (κ3) is 3.06. The molecule has 2 N–H and O–H groups in total. The molecule has 1 heterocycles. The highest BCUT2D eigenvalue weighted by molar-refractivity contribution is 5.92. The molecule has 1 aromatic heterocycles. The summed E-state index contributed by atoms with van der Waals surface area (Å²) in [6.45, 7) is 1.69. The van der Waals surface area contributed by atoms with Crippen molar-refractivity contribution in [3.8, 4) is 0 Å². The Balaban J connectivity index is 1.61. The first-order valence-electron chi connectivity index (χ1n) is 5.77. The summed E-state index contributed by atoms with van der Waals surface area (Å²) in [6, 6.07) is 2.46. The standard InChI is InChI=1S/C11H18N4O/c1-15-10(5-8-14-15)11(16)13-7-2-6-12-9-3-4-9/h5,8-9,12H,2-4,6-7H2,1H3,(H,13,16). The van der Waals surface area contributed by atoms with Crippen LogP contribution in [0.5, 0.6) is 0 Å². The molecular weight excluding hydrogens is 204 g/mol. The van der Waals surface area contributed by atoms with E-state index in [4.69, 9.17) is 0 Å². The van der Waals surface area contributed by atoms with Gasteiger partial charge in [-0.05, 0) is 31.9 Å². The molecule has 5 nitrogen and oxygen atoms in total. The van der Waals surface area contributed by atoms with Crippen LogP contribution in [-0.2, 0) is 7.05 Å². The molecule has 0 bridgehead atoms. The van der Waals surface area contributed by atoms with Gasteiger partial charge in [0.05, 0.1) is 0 Å². The molecule has 1 amide bonds. The monoisotopic (exact) mass is 222 g/mol. The first-order valence-corrected chi connectivity index (χ1v) is 5.77. The molecule has 1 aliphatic rings. The van der Waals surface area contributed by atoms with Gasteiger partial charge in [0.2, 0.25) is 0 Å². The first kappa shape index (κ1) is 11.1. The molecule has 88 valence electrons. The van der Waals surface area contributed by atoms with Gasteiger partial charge in [0.25, 0.3) is 5.91 Å². The summed E-state index contributed by atoms with van der Waals surface area (Å²) in [6.07, 6.45) is 5.21. The summed E-state index contributed by atoms with van der Waals surface area (Å²) < 4.78 is 1.58. The third-order valence-corrected chi connectivity index (χ3v) is 2.70. The fraction of sp³-hybridized carbons (Fsp3) is 0.636. The van der Waals surface area contributed by atoms with Gasteiger partial charge >= 0.3 is 0 Å². The van der Waals surface area contributed by atoms with Crippen LogP contribution in [0.4, 0.5) is 0 Å². The summed E-state index contributed by atoms with van der Waals surface area (Å²) in [7, 11) is 1.77. The molecule has 1 aromatic rings. The largest absolute Gasteiger partial charge is 0.351 e. The van der Waals surface area contributed by atoms with Gasteiger partial charge < -0.3 is 10.6 Å². The maximum atomic E-state index is 11.6. The summed E-state index contributed by atoms with van der Waals surface area (Å²) in [5.74, 6) is -0.0496. The van der Waals surface area contributed by atoms with E-state index >= 15 is 0 Å². The number of rotatable bonds is 6. The minimum absolute atomic E-state index is 0.0496. The summed E-state index contributed by atoms with van der Waals surface area (Å²) >= 11 is 0. The highest BCUT2D eigenvalue weighted by atomic mass is 16.2. The van der Waals surface area contributed by atoms with Crippen molar-refractivity contribution in [2.24, 2.45) is 7.05 Å². The Morgan fingerprint density at radius 3 is 3.00 bits per heavy atom. The molecule has 0 radical (unpaired) electrons. The highest BCUT2D eigenvalue weighted by Crippen LogP contribution is 2.18. The summed E-state index contributed by atoms with van der Waals surface area (Å²) in [5.41, 5.74) is 0.607. The van der Waals surface area contributed by atoms with Crippen LogP contribution in [0, 0.1) is 0 Å². The van der Waals surface area contributed by atoms with Crippen molar-refractivity contribution in [2.75, 3.05) is 13.1 Å². The van der Waals surface area contributed by atoms with E-state index in [-0.39, 0.29) is 5.91 Å². The Morgan fingerprint density at radius 2 is 2.38 bits per heavy atom. The van der Waals surface area contributed by atoms with Crippen molar-refractivity contribution in [3.63, 3.8) is 0 Å². The van der Waals surface area contributed by atoms with E-state index in [1.165, 1.54) is 12.8 Å². The minimum Gasteiger partial charge on any atom is -0.351 e. The van der Waals surface area contributed by atoms with E-state index in [2.05, 4.69) is 15.7 Å². The molecule has 1 fully saturated rings. The molecule has 0 unspecified atom stereocenters. The van der Waals surface area contributed by atoms with Gasteiger partial charge in [-0.25, -0.2) is 0 Å². The van der Waals surface area contributed by atoms with E-state index in [0.29, 0.717) is 12.2 Å². The van der Waals surface area contributed by atoms with Crippen LogP contribution in [0.25, 0.3) is 0 Å². The van der Waals surface area contributed by atoms with Gasteiger partial charge in [0.15, 0.2) is 0 Å². The second-order valence-electron chi connectivity index (χ2n) is 4.18. The number of aryl methyl sites for hydroxylation is 1. The van der Waals surface area contributed by atoms with Crippen molar-refractivity contribution in [2.45, 2.75) is 25.3 Å². The number of amides is 1. The molecule has 0 aliphatic heterocycles. The lowest BCUT2D eigenvalue weighted by molar-refractivity contribution is 0.0944. The lowest BCUT2D eigenvalue weighted by Gasteiger charge is -2.05. The summed E-state index contributed by atoms with van der Waals surface area (Å²) in [4.78, 5) is 11.6. The lowest BCUT2D eigenvalue weighted by atomic mass is 10.3. The van der Waals surface area contributed by atoms with E-state index in [9.17, 15) is 4.79 Å². The molecule has 0 saturated heterocycles. The zero-order valence-electron chi connectivity index (χ0n) is 9.57. The Labute approximate surface area is 95.2 Å². The molecular formula is C11H18N4O. The number of carbonyl (C=O) groups is 1. The Morgan fingerprint density at radius 1 is 1.56 bits per heavy atom. The van der Waals surface area contributed by atoms with E-state index in [1.54, 1.807) is 24.0 Å².